The van der Waals surface area contributed by atoms with Crippen molar-refractivity contribution in [3.8, 4) is 0 Å². The van der Waals surface area contributed by atoms with Gasteiger partial charge in [-0.2, -0.15) is 0 Å². The molecular formula is C15H22O4. The first-order valence-electron chi connectivity index (χ1n) is 7.36. The molecule has 0 bridgehead atoms. The van der Waals surface area contributed by atoms with E-state index in [0.717, 1.165) is 38.5 Å². The number of rotatable bonds is 7. The van der Waals surface area contributed by atoms with Crippen molar-refractivity contribution in [2.75, 3.05) is 6.61 Å². The summed E-state index contributed by atoms with van der Waals surface area (Å²) in [6.45, 7) is 1.97. The van der Waals surface area contributed by atoms with Gasteiger partial charge in [-0.05, 0) is 32.6 Å². The Kier molecular flexibility index (Phi) is 4.72. The van der Waals surface area contributed by atoms with Gasteiger partial charge in [-0.1, -0.05) is 12.8 Å². The van der Waals surface area contributed by atoms with Crippen LogP contribution in [0.25, 0.3) is 0 Å². The Morgan fingerprint density at radius 1 is 1.05 bits per heavy atom. The van der Waals surface area contributed by atoms with Gasteiger partial charge in [0.15, 0.2) is 5.78 Å². The molecule has 2 saturated carbocycles. The molecule has 1 unspecified atom stereocenters. The Morgan fingerprint density at radius 3 is 2.21 bits per heavy atom. The number of hydrogen-bond donors (Lipinski definition) is 0. The van der Waals surface area contributed by atoms with Gasteiger partial charge >= 0.3 is 5.97 Å². The maximum atomic E-state index is 12.2. The highest BCUT2D eigenvalue weighted by Crippen LogP contribution is 2.35. The van der Waals surface area contributed by atoms with Gasteiger partial charge in [-0.15, -0.1) is 0 Å². The van der Waals surface area contributed by atoms with Crippen LogP contribution < -0.4 is 0 Å². The fraction of sp³-hybridized carbons (Fsp3) is 0.800. The Morgan fingerprint density at radius 2 is 1.68 bits per heavy atom. The van der Waals surface area contributed by atoms with Crippen molar-refractivity contribution >= 4 is 17.5 Å². The molecule has 0 saturated heterocycles. The summed E-state index contributed by atoms with van der Waals surface area (Å²) in [7, 11) is 0. The van der Waals surface area contributed by atoms with Gasteiger partial charge in [0, 0.05) is 18.3 Å². The number of esters is 1. The molecule has 0 radical (unpaired) electrons. The molecule has 2 rings (SSSR count). The third kappa shape index (κ3) is 3.64. The fourth-order valence-corrected chi connectivity index (χ4v) is 2.81. The van der Waals surface area contributed by atoms with Crippen LogP contribution in [0.2, 0.25) is 0 Å². The van der Waals surface area contributed by atoms with E-state index in [0.29, 0.717) is 0 Å². The summed E-state index contributed by atoms with van der Waals surface area (Å²) < 4.78 is 4.95. The summed E-state index contributed by atoms with van der Waals surface area (Å²) in [6, 6.07) is 0. The summed E-state index contributed by atoms with van der Waals surface area (Å²) in [6.07, 6.45) is 5.74. The number of ether oxygens (including phenoxy) is 1. The summed E-state index contributed by atoms with van der Waals surface area (Å²) >= 11 is 0. The number of ketones is 2. The van der Waals surface area contributed by atoms with Crippen LogP contribution in [-0.2, 0) is 19.1 Å². The molecule has 0 amide bonds. The van der Waals surface area contributed by atoms with Crippen LogP contribution in [0.5, 0.6) is 0 Å². The van der Waals surface area contributed by atoms with Crippen LogP contribution in [0, 0.1) is 17.8 Å². The Bertz CT molecular complexity index is 364. The summed E-state index contributed by atoms with van der Waals surface area (Å²) in [5.41, 5.74) is 0. The largest absolute Gasteiger partial charge is 0.465 e. The first kappa shape index (κ1) is 14.2. The first-order valence-corrected chi connectivity index (χ1v) is 7.36. The van der Waals surface area contributed by atoms with Crippen LogP contribution >= 0.6 is 0 Å². The fourth-order valence-electron chi connectivity index (χ4n) is 2.81. The summed E-state index contributed by atoms with van der Waals surface area (Å²) in [5, 5.41) is 0. The highest BCUT2D eigenvalue weighted by molar-refractivity contribution is 6.04. The lowest BCUT2D eigenvalue weighted by Crippen LogP contribution is -2.31. The van der Waals surface area contributed by atoms with Crippen LogP contribution in [0.1, 0.15) is 51.9 Å². The molecule has 2 fully saturated rings. The van der Waals surface area contributed by atoms with Crippen molar-refractivity contribution in [1.29, 1.82) is 0 Å². The Hall–Kier alpha value is -1.19. The van der Waals surface area contributed by atoms with Crippen molar-refractivity contribution in [2.24, 2.45) is 17.8 Å². The highest BCUT2D eigenvalue weighted by atomic mass is 16.5. The smallest absolute Gasteiger partial charge is 0.316 e. The van der Waals surface area contributed by atoms with E-state index < -0.39 is 11.9 Å². The number of hydrogen-bond acceptors (Lipinski definition) is 4. The van der Waals surface area contributed by atoms with Gasteiger partial charge in [0.05, 0.1) is 6.61 Å². The zero-order valence-electron chi connectivity index (χ0n) is 11.5. The van der Waals surface area contributed by atoms with Crippen molar-refractivity contribution in [3.63, 3.8) is 0 Å². The Balaban J connectivity index is 1.97. The minimum atomic E-state index is -0.847. The molecule has 0 aromatic carbocycles. The molecule has 4 nitrogen and oxygen atoms in total. The van der Waals surface area contributed by atoms with Crippen molar-refractivity contribution in [2.45, 2.75) is 51.9 Å². The van der Waals surface area contributed by atoms with Crippen LogP contribution in [0.4, 0.5) is 0 Å². The molecular weight excluding hydrogens is 244 g/mol. The summed E-state index contributed by atoms with van der Waals surface area (Å²) in [5.74, 6) is -1.31. The Labute approximate surface area is 113 Å². The van der Waals surface area contributed by atoms with Crippen molar-refractivity contribution in [1.82, 2.24) is 0 Å². The molecule has 0 spiro atoms. The molecule has 2 aliphatic rings. The predicted molar refractivity (Wildman–Crippen MR) is 69.4 cm³/mol. The average molecular weight is 266 g/mol. The molecule has 0 aromatic rings. The second-order valence-electron chi connectivity index (χ2n) is 5.63. The van der Waals surface area contributed by atoms with Gasteiger partial charge in [-0.25, -0.2) is 0 Å². The number of Topliss-reactive ketones (excluding diaryl/α,β-unsaturated/α-hetero) is 2. The maximum absolute atomic E-state index is 12.2. The minimum absolute atomic E-state index is 0.00853. The van der Waals surface area contributed by atoms with E-state index >= 15 is 0 Å². The normalized spacial score (nSPS) is 21.1. The van der Waals surface area contributed by atoms with E-state index in [9.17, 15) is 14.4 Å². The molecule has 4 heteroatoms. The molecule has 0 heterocycles. The van der Waals surface area contributed by atoms with E-state index in [1.54, 1.807) is 6.92 Å². The zero-order chi connectivity index (χ0) is 13.8. The van der Waals surface area contributed by atoms with Gasteiger partial charge in [0.2, 0.25) is 0 Å². The summed E-state index contributed by atoms with van der Waals surface area (Å²) in [4.78, 5) is 36.1. The lowest BCUT2D eigenvalue weighted by Gasteiger charge is -2.15. The van der Waals surface area contributed by atoms with Crippen LogP contribution in [-0.4, -0.2) is 24.1 Å². The van der Waals surface area contributed by atoms with Crippen LogP contribution in [0.3, 0.4) is 0 Å². The third-order valence-electron chi connectivity index (χ3n) is 4.11. The minimum Gasteiger partial charge on any atom is -0.465 e. The lowest BCUT2D eigenvalue weighted by molar-refractivity contribution is -0.154. The van der Waals surface area contributed by atoms with Gasteiger partial charge in [0.25, 0.3) is 0 Å². The maximum Gasteiger partial charge on any atom is 0.316 e. The molecule has 1 atom stereocenters. The SMILES string of the molecule is CCOC(=O)C(CC(=O)C1CCCC1)C(=O)C1CC1. The second-order valence-corrected chi connectivity index (χ2v) is 5.63. The molecule has 19 heavy (non-hydrogen) atoms. The lowest BCUT2D eigenvalue weighted by atomic mass is 9.89. The van der Waals surface area contributed by atoms with E-state index in [2.05, 4.69) is 0 Å². The van der Waals surface area contributed by atoms with Gasteiger partial charge in [-0.3, -0.25) is 14.4 Å². The number of carbonyl (C=O) groups excluding carboxylic acids is 3. The standard InChI is InChI=1S/C15H22O4/c1-2-19-15(18)12(14(17)11-7-8-11)9-13(16)10-5-3-4-6-10/h10-12H,2-9H2,1H3. The van der Waals surface area contributed by atoms with E-state index in [1.807, 2.05) is 0 Å². The van der Waals surface area contributed by atoms with Gasteiger partial charge in [0.1, 0.15) is 11.7 Å². The predicted octanol–water partition coefficient (Wildman–Crippen LogP) is 2.29. The van der Waals surface area contributed by atoms with Crippen LogP contribution in [0.15, 0.2) is 0 Å². The second kappa shape index (κ2) is 6.31. The molecule has 2 aliphatic carbocycles. The van der Waals surface area contributed by atoms with Crippen molar-refractivity contribution < 1.29 is 19.1 Å². The van der Waals surface area contributed by atoms with E-state index in [1.165, 1.54) is 0 Å². The monoisotopic (exact) mass is 266 g/mol. The molecule has 106 valence electrons. The topological polar surface area (TPSA) is 60.4 Å². The first-order chi connectivity index (χ1) is 9.13. The molecule has 0 aromatic heterocycles. The molecule has 0 aliphatic heterocycles. The van der Waals surface area contributed by atoms with E-state index in [-0.39, 0.29) is 36.4 Å². The average Bonchev–Trinajstić information content (AvgIpc) is 3.10. The number of carbonyl (C=O) groups is 3. The zero-order valence-corrected chi connectivity index (χ0v) is 11.5. The molecule has 0 N–H and O–H groups in total. The van der Waals surface area contributed by atoms with Crippen molar-refractivity contribution in [3.05, 3.63) is 0 Å². The third-order valence-corrected chi connectivity index (χ3v) is 4.11. The van der Waals surface area contributed by atoms with Gasteiger partial charge < -0.3 is 4.74 Å². The quantitative estimate of drug-likeness (QED) is 0.524. The highest BCUT2D eigenvalue weighted by Gasteiger charge is 2.41. The van der Waals surface area contributed by atoms with E-state index in [4.69, 9.17) is 4.74 Å².